The van der Waals surface area contributed by atoms with Crippen LogP contribution in [0.1, 0.15) is 17.5 Å². The standard InChI is InChI=1S/C13H14FN7S.ClH/c1-8-16-11(18-17-8)7-22-13-20-19-12(6-15)21(13)10-4-2-9(14)3-5-10;/h2-5H,6-7,15H2,1H3,(H,16,17,18);1H. The second-order valence-corrected chi connectivity index (χ2v) is 5.48. The van der Waals surface area contributed by atoms with Gasteiger partial charge in [0.15, 0.2) is 16.8 Å². The fraction of sp³-hybridized carbons (Fsp3) is 0.231. The van der Waals surface area contributed by atoms with Gasteiger partial charge in [-0.2, -0.15) is 5.10 Å². The van der Waals surface area contributed by atoms with E-state index in [1.165, 1.54) is 23.9 Å². The minimum Gasteiger partial charge on any atom is -0.324 e. The van der Waals surface area contributed by atoms with Crippen molar-refractivity contribution in [1.82, 2.24) is 29.9 Å². The Bertz CT molecular complexity index is 771. The van der Waals surface area contributed by atoms with Crippen molar-refractivity contribution in [2.24, 2.45) is 5.73 Å². The van der Waals surface area contributed by atoms with Gasteiger partial charge in [-0.05, 0) is 31.2 Å². The van der Waals surface area contributed by atoms with Crippen LogP contribution < -0.4 is 5.73 Å². The topological polar surface area (TPSA) is 98.3 Å². The first-order valence-electron chi connectivity index (χ1n) is 6.58. The van der Waals surface area contributed by atoms with E-state index in [2.05, 4.69) is 25.4 Å². The first-order chi connectivity index (χ1) is 10.7. The highest BCUT2D eigenvalue weighted by Gasteiger charge is 2.14. The lowest BCUT2D eigenvalue weighted by Crippen LogP contribution is -2.07. The molecule has 0 radical (unpaired) electrons. The van der Waals surface area contributed by atoms with E-state index in [-0.39, 0.29) is 24.8 Å². The molecule has 0 saturated carbocycles. The van der Waals surface area contributed by atoms with Gasteiger partial charge in [0.05, 0.1) is 12.3 Å². The van der Waals surface area contributed by atoms with Gasteiger partial charge < -0.3 is 5.73 Å². The molecule has 0 amide bonds. The number of H-pyrrole nitrogens is 1. The molecule has 1 aromatic carbocycles. The van der Waals surface area contributed by atoms with E-state index in [0.29, 0.717) is 22.6 Å². The van der Waals surface area contributed by atoms with Crippen LogP contribution in [0.5, 0.6) is 0 Å². The van der Waals surface area contributed by atoms with Crippen molar-refractivity contribution in [3.05, 3.63) is 47.6 Å². The highest BCUT2D eigenvalue weighted by molar-refractivity contribution is 7.98. The quantitative estimate of drug-likeness (QED) is 0.679. The van der Waals surface area contributed by atoms with Crippen molar-refractivity contribution in [2.45, 2.75) is 24.4 Å². The van der Waals surface area contributed by atoms with Crippen LogP contribution in [0.4, 0.5) is 4.39 Å². The average Bonchev–Trinajstić information content (AvgIpc) is 3.12. The number of halogens is 2. The van der Waals surface area contributed by atoms with Crippen molar-refractivity contribution < 1.29 is 4.39 Å². The number of rotatable bonds is 5. The molecule has 0 fully saturated rings. The summed E-state index contributed by atoms with van der Waals surface area (Å²) in [5, 5.41) is 15.8. The minimum absolute atomic E-state index is 0. The summed E-state index contributed by atoms with van der Waals surface area (Å²) in [6, 6.07) is 6.11. The summed E-state index contributed by atoms with van der Waals surface area (Å²) in [6.45, 7) is 2.08. The third-order valence-electron chi connectivity index (χ3n) is 2.94. The molecule has 0 spiro atoms. The van der Waals surface area contributed by atoms with E-state index >= 15 is 0 Å². The van der Waals surface area contributed by atoms with Crippen LogP contribution >= 0.6 is 24.2 Å². The molecule has 0 aliphatic rings. The van der Waals surface area contributed by atoms with Crippen LogP contribution in [-0.4, -0.2) is 29.9 Å². The lowest BCUT2D eigenvalue weighted by atomic mass is 10.3. The van der Waals surface area contributed by atoms with Gasteiger partial charge in [-0.3, -0.25) is 9.67 Å². The van der Waals surface area contributed by atoms with Crippen molar-refractivity contribution in [3.63, 3.8) is 0 Å². The van der Waals surface area contributed by atoms with Gasteiger partial charge in [-0.25, -0.2) is 9.37 Å². The number of thioether (sulfide) groups is 1. The first kappa shape index (κ1) is 17.4. The maximum Gasteiger partial charge on any atom is 0.196 e. The van der Waals surface area contributed by atoms with Gasteiger partial charge in [0.2, 0.25) is 0 Å². The Hall–Kier alpha value is -1.97. The Morgan fingerprint density at radius 2 is 2.00 bits per heavy atom. The molecule has 0 aliphatic heterocycles. The molecular formula is C13H15ClFN7S. The van der Waals surface area contributed by atoms with Crippen molar-refractivity contribution >= 4 is 24.2 Å². The number of benzene rings is 1. The van der Waals surface area contributed by atoms with Crippen LogP contribution in [0.2, 0.25) is 0 Å². The second kappa shape index (κ2) is 7.53. The molecule has 0 unspecified atom stereocenters. The van der Waals surface area contributed by atoms with E-state index in [1.54, 1.807) is 12.1 Å². The zero-order valence-electron chi connectivity index (χ0n) is 12.2. The molecule has 0 saturated heterocycles. The largest absolute Gasteiger partial charge is 0.324 e. The van der Waals surface area contributed by atoms with Crippen molar-refractivity contribution in [3.8, 4) is 5.69 Å². The fourth-order valence-electron chi connectivity index (χ4n) is 1.96. The van der Waals surface area contributed by atoms with Gasteiger partial charge >= 0.3 is 0 Å². The molecule has 7 nitrogen and oxygen atoms in total. The van der Waals surface area contributed by atoms with Crippen LogP contribution in [0.3, 0.4) is 0 Å². The van der Waals surface area contributed by atoms with Crippen molar-refractivity contribution in [1.29, 1.82) is 0 Å². The van der Waals surface area contributed by atoms with Crippen LogP contribution in [0, 0.1) is 12.7 Å². The summed E-state index contributed by atoms with van der Waals surface area (Å²) in [5.74, 6) is 2.31. The first-order valence-corrected chi connectivity index (χ1v) is 7.57. The molecule has 3 N–H and O–H groups in total. The summed E-state index contributed by atoms with van der Waals surface area (Å²) < 4.78 is 14.9. The molecule has 0 atom stereocenters. The zero-order valence-corrected chi connectivity index (χ0v) is 13.9. The van der Waals surface area contributed by atoms with Gasteiger partial charge in [0.1, 0.15) is 11.6 Å². The highest BCUT2D eigenvalue weighted by atomic mass is 35.5. The Labute approximate surface area is 142 Å². The van der Waals surface area contributed by atoms with Crippen LogP contribution in [0.25, 0.3) is 5.69 Å². The van der Waals surface area contributed by atoms with Gasteiger partial charge in [0, 0.05) is 5.69 Å². The number of hydrogen-bond donors (Lipinski definition) is 2. The lowest BCUT2D eigenvalue weighted by molar-refractivity contribution is 0.627. The number of nitrogens with zero attached hydrogens (tertiary/aromatic N) is 5. The normalized spacial score (nSPS) is 10.6. The number of hydrogen-bond acceptors (Lipinski definition) is 6. The van der Waals surface area contributed by atoms with Gasteiger partial charge in [0.25, 0.3) is 0 Å². The number of aryl methyl sites for hydroxylation is 1. The molecule has 0 aliphatic carbocycles. The maximum absolute atomic E-state index is 13.1. The molecule has 2 heterocycles. The highest BCUT2D eigenvalue weighted by Crippen LogP contribution is 2.24. The van der Waals surface area contributed by atoms with E-state index in [9.17, 15) is 4.39 Å². The van der Waals surface area contributed by atoms with Crippen molar-refractivity contribution in [2.75, 3.05) is 0 Å². The summed E-state index contributed by atoms with van der Waals surface area (Å²) in [5.41, 5.74) is 6.47. The van der Waals surface area contributed by atoms with Crippen LogP contribution in [0.15, 0.2) is 29.4 Å². The van der Waals surface area contributed by atoms with E-state index in [1.807, 2.05) is 11.5 Å². The summed E-state index contributed by atoms with van der Waals surface area (Å²) in [4.78, 5) is 4.25. The molecule has 23 heavy (non-hydrogen) atoms. The van der Waals surface area contributed by atoms with E-state index in [4.69, 9.17) is 5.73 Å². The molecule has 10 heteroatoms. The Morgan fingerprint density at radius 3 is 2.61 bits per heavy atom. The predicted molar refractivity (Wildman–Crippen MR) is 87.1 cm³/mol. The third kappa shape index (κ3) is 3.87. The number of aromatic nitrogens is 6. The molecule has 3 aromatic rings. The van der Waals surface area contributed by atoms with E-state index in [0.717, 1.165) is 11.5 Å². The molecular weight excluding hydrogens is 341 g/mol. The van der Waals surface area contributed by atoms with Crippen LogP contribution in [-0.2, 0) is 12.3 Å². The SMILES string of the molecule is Cc1nc(CSc2nnc(CN)n2-c2ccc(F)cc2)n[nH]1.Cl. The number of nitrogens with one attached hydrogen (secondary N) is 1. The molecule has 122 valence electrons. The monoisotopic (exact) mass is 355 g/mol. The van der Waals surface area contributed by atoms with E-state index < -0.39 is 0 Å². The molecule has 3 rings (SSSR count). The zero-order chi connectivity index (χ0) is 15.5. The average molecular weight is 356 g/mol. The lowest BCUT2D eigenvalue weighted by Gasteiger charge is -2.08. The maximum atomic E-state index is 13.1. The van der Waals surface area contributed by atoms with Gasteiger partial charge in [-0.15, -0.1) is 22.6 Å². The molecule has 2 aromatic heterocycles. The number of aromatic amines is 1. The second-order valence-electron chi connectivity index (χ2n) is 4.54. The molecule has 0 bridgehead atoms. The Morgan fingerprint density at radius 1 is 1.26 bits per heavy atom. The Balaban J connectivity index is 0.00000192. The smallest absolute Gasteiger partial charge is 0.196 e. The third-order valence-corrected chi connectivity index (χ3v) is 3.87. The Kier molecular flexibility index (Phi) is 5.69. The predicted octanol–water partition coefficient (Wildman–Crippen LogP) is 2.01. The number of nitrogens with two attached hydrogens (primary N) is 1. The summed E-state index contributed by atoms with van der Waals surface area (Å²) in [7, 11) is 0. The summed E-state index contributed by atoms with van der Waals surface area (Å²) >= 11 is 1.44. The fourth-order valence-corrected chi connectivity index (χ4v) is 2.78. The van der Waals surface area contributed by atoms with Gasteiger partial charge in [-0.1, -0.05) is 11.8 Å². The summed E-state index contributed by atoms with van der Waals surface area (Å²) in [6.07, 6.45) is 0. The minimum atomic E-state index is -0.295.